The number of benzene rings is 2. The predicted molar refractivity (Wildman–Crippen MR) is 125 cm³/mol. The molecule has 0 radical (unpaired) electrons. The van der Waals surface area contributed by atoms with Crippen LogP contribution in [0.2, 0.25) is 0 Å². The van der Waals surface area contributed by atoms with Crippen molar-refractivity contribution in [3.05, 3.63) is 89.4 Å². The van der Waals surface area contributed by atoms with Gasteiger partial charge in [-0.2, -0.15) is 5.10 Å². The fourth-order valence-electron chi connectivity index (χ4n) is 3.64. The lowest BCUT2D eigenvalue weighted by atomic mass is 10.2. The van der Waals surface area contributed by atoms with Crippen molar-refractivity contribution >= 4 is 23.1 Å². The molecule has 162 valence electrons. The lowest BCUT2D eigenvalue weighted by Gasteiger charge is -2.10. The standard InChI is InChI=1S/C25H24N4O3/c1-17-14-21(18(2)29(17)22-11-9-20(10-12-22)25(30)31-3)15-27-28-16-32-23-8-4-6-19-7-5-13-26-24(19)23/h4-15,28H,16H2,1-3H3/b27-15+. The van der Waals surface area contributed by atoms with Crippen LogP contribution in [0.1, 0.15) is 27.3 Å². The van der Waals surface area contributed by atoms with Gasteiger partial charge in [-0.05, 0) is 56.3 Å². The molecule has 0 aliphatic carbocycles. The molecule has 0 amide bonds. The molecule has 0 fully saturated rings. The summed E-state index contributed by atoms with van der Waals surface area (Å²) in [7, 11) is 1.38. The van der Waals surface area contributed by atoms with Crippen molar-refractivity contribution in [1.82, 2.24) is 15.0 Å². The van der Waals surface area contributed by atoms with Gasteiger partial charge in [0, 0.05) is 34.2 Å². The van der Waals surface area contributed by atoms with E-state index in [0.29, 0.717) is 11.3 Å². The van der Waals surface area contributed by atoms with E-state index < -0.39 is 0 Å². The first kappa shape index (κ1) is 21.1. The van der Waals surface area contributed by atoms with E-state index in [1.54, 1.807) is 24.5 Å². The van der Waals surface area contributed by atoms with Gasteiger partial charge in [-0.1, -0.05) is 18.2 Å². The highest BCUT2D eigenvalue weighted by molar-refractivity contribution is 5.89. The molecule has 0 saturated carbocycles. The summed E-state index contributed by atoms with van der Waals surface area (Å²) in [6, 6.07) is 19.1. The van der Waals surface area contributed by atoms with Gasteiger partial charge in [0.1, 0.15) is 11.3 Å². The number of methoxy groups -OCH3 is 1. The summed E-state index contributed by atoms with van der Waals surface area (Å²) in [6.45, 7) is 4.28. The Kier molecular flexibility index (Phi) is 6.17. The topological polar surface area (TPSA) is 77.7 Å². The van der Waals surface area contributed by atoms with Crippen LogP contribution in [0.25, 0.3) is 16.6 Å². The average molecular weight is 428 g/mol. The van der Waals surface area contributed by atoms with Gasteiger partial charge in [0.2, 0.25) is 0 Å². The van der Waals surface area contributed by atoms with Crippen LogP contribution < -0.4 is 10.2 Å². The molecule has 7 heteroatoms. The van der Waals surface area contributed by atoms with Crippen LogP contribution in [0.15, 0.2) is 72.0 Å². The summed E-state index contributed by atoms with van der Waals surface area (Å²) < 4.78 is 12.7. The van der Waals surface area contributed by atoms with Crippen LogP contribution in [0.4, 0.5) is 0 Å². The average Bonchev–Trinajstić information content (AvgIpc) is 3.11. The molecule has 1 N–H and O–H groups in total. The normalized spacial score (nSPS) is 11.1. The number of nitrogens with zero attached hydrogens (tertiary/aromatic N) is 3. The zero-order valence-corrected chi connectivity index (χ0v) is 18.2. The highest BCUT2D eigenvalue weighted by Gasteiger charge is 2.11. The summed E-state index contributed by atoms with van der Waals surface area (Å²) in [5, 5.41) is 5.33. The van der Waals surface area contributed by atoms with Gasteiger partial charge >= 0.3 is 5.97 Å². The number of nitrogens with one attached hydrogen (secondary N) is 1. The molecule has 0 bridgehead atoms. The summed E-state index contributed by atoms with van der Waals surface area (Å²) in [5.41, 5.74) is 8.32. The second-order valence-corrected chi connectivity index (χ2v) is 7.24. The number of para-hydroxylation sites is 1. The van der Waals surface area contributed by atoms with Crippen molar-refractivity contribution in [2.45, 2.75) is 13.8 Å². The Balaban J connectivity index is 1.42. The molecule has 0 saturated heterocycles. The molecule has 4 rings (SSSR count). The second-order valence-electron chi connectivity index (χ2n) is 7.24. The quantitative estimate of drug-likeness (QED) is 0.155. The Bertz CT molecular complexity index is 1270. The Morgan fingerprint density at radius 2 is 1.91 bits per heavy atom. The van der Waals surface area contributed by atoms with E-state index in [2.05, 4.69) is 26.1 Å². The number of rotatable bonds is 7. The summed E-state index contributed by atoms with van der Waals surface area (Å²) in [5.74, 6) is 0.359. The van der Waals surface area contributed by atoms with Crippen LogP contribution in [-0.2, 0) is 4.74 Å². The van der Waals surface area contributed by atoms with Gasteiger partial charge in [0.15, 0.2) is 6.73 Å². The first-order chi connectivity index (χ1) is 15.6. The molecule has 2 heterocycles. The number of hydrogen-bond donors (Lipinski definition) is 1. The minimum atomic E-state index is -0.349. The van der Waals surface area contributed by atoms with Crippen molar-refractivity contribution in [2.24, 2.45) is 5.10 Å². The maximum Gasteiger partial charge on any atom is 0.337 e. The first-order valence-corrected chi connectivity index (χ1v) is 10.2. The van der Waals surface area contributed by atoms with E-state index in [4.69, 9.17) is 9.47 Å². The number of pyridine rings is 1. The lowest BCUT2D eigenvalue weighted by Crippen LogP contribution is -2.14. The minimum Gasteiger partial charge on any atom is -0.470 e. The number of hydrazone groups is 1. The molecule has 4 aromatic rings. The third kappa shape index (κ3) is 4.32. The van der Waals surface area contributed by atoms with Crippen molar-refractivity contribution in [3.8, 4) is 11.4 Å². The van der Waals surface area contributed by atoms with Crippen molar-refractivity contribution < 1.29 is 14.3 Å². The summed E-state index contributed by atoms with van der Waals surface area (Å²) in [4.78, 5) is 16.0. The van der Waals surface area contributed by atoms with Crippen LogP contribution in [0, 0.1) is 13.8 Å². The van der Waals surface area contributed by atoms with Gasteiger partial charge in [0.25, 0.3) is 0 Å². The van der Waals surface area contributed by atoms with Gasteiger partial charge in [0.05, 0.1) is 18.9 Å². The third-order valence-electron chi connectivity index (χ3n) is 5.20. The molecule has 7 nitrogen and oxygen atoms in total. The molecular formula is C25H24N4O3. The molecule has 32 heavy (non-hydrogen) atoms. The number of esters is 1. The number of ether oxygens (including phenoxy) is 2. The van der Waals surface area contributed by atoms with Crippen molar-refractivity contribution in [3.63, 3.8) is 0 Å². The van der Waals surface area contributed by atoms with E-state index in [9.17, 15) is 4.79 Å². The van der Waals surface area contributed by atoms with Crippen molar-refractivity contribution in [1.29, 1.82) is 0 Å². The number of hydrogen-bond acceptors (Lipinski definition) is 6. The van der Waals surface area contributed by atoms with Crippen LogP contribution in [0.3, 0.4) is 0 Å². The number of carbonyl (C=O) groups is 1. The lowest BCUT2D eigenvalue weighted by molar-refractivity contribution is 0.0600. The second kappa shape index (κ2) is 9.34. The van der Waals surface area contributed by atoms with E-state index >= 15 is 0 Å². The highest BCUT2D eigenvalue weighted by atomic mass is 16.5. The van der Waals surface area contributed by atoms with E-state index in [1.165, 1.54) is 7.11 Å². The zero-order valence-electron chi connectivity index (χ0n) is 18.2. The Labute approximate surface area is 186 Å². The molecule has 2 aromatic carbocycles. The van der Waals surface area contributed by atoms with E-state index in [0.717, 1.165) is 33.5 Å². The molecule has 0 aliphatic rings. The van der Waals surface area contributed by atoms with E-state index in [-0.39, 0.29) is 12.7 Å². The number of carbonyl (C=O) groups excluding carboxylic acids is 1. The monoisotopic (exact) mass is 428 g/mol. The summed E-state index contributed by atoms with van der Waals surface area (Å²) in [6.07, 6.45) is 3.52. The SMILES string of the molecule is COC(=O)c1ccc(-n2c(C)cc(/C=N/NCOc3cccc4cccnc34)c2C)cc1. The molecule has 0 atom stereocenters. The van der Waals surface area contributed by atoms with Crippen molar-refractivity contribution in [2.75, 3.05) is 13.8 Å². The molecular weight excluding hydrogens is 404 g/mol. The highest BCUT2D eigenvalue weighted by Crippen LogP contribution is 2.23. The van der Waals surface area contributed by atoms with Crippen LogP contribution >= 0.6 is 0 Å². The fraction of sp³-hybridized carbons (Fsp3) is 0.160. The Morgan fingerprint density at radius 1 is 1.12 bits per heavy atom. The van der Waals surface area contributed by atoms with Gasteiger partial charge < -0.3 is 14.0 Å². The Hall–Kier alpha value is -4.13. The van der Waals surface area contributed by atoms with Gasteiger partial charge in [-0.15, -0.1) is 0 Å². The van der Waals surface area contributed by atoms with Gasteiger partial charge in [-0.25, -0.2) is 4.79 Å². The molecule has 2 aromatic heterocycles. The van der Waals surface area contributed by atoms with Gasteiger partial charge in [-0.3, -0.25) is 10.4 Å². The number of fused-ring (bicyclic) bond motifs is 1. The molecule has 0 unspecified atom stereocenters. The smallest absolute Gasteiger partial charge is 0.337 e. The molecule has 0 aliphatic heterocycles. The van der Waals surface area contributed by atoms with E-state index in [1.807, 2.05) is 56.3 Å². The third-order valence-corrected chi connectivity index (χ3v) is 5.20. The predicted octanol–water partition coefficient (Wildman–Crippen LogP) is 4.39. The minimum absolute atomic E-state index is 0.222. The zero-order chi connectivity index (χ0) is 22.5. The van der Waals surface area contributed by atoms with Crippen LogP contribution in [-0.4, -0.2) is 35.6 Å². The fourth-order valence-corrected chi connectivity index (χ4v) is 3.64. The maximum atomic E-state index is 11.7. The summed E-state index contributed by atoms with van der Waals surface area (Å²) >= 11 is 0. The number of aromatic nitrogens is 2. The first-order valence-electron chi connectivity index (χ1n) is 10.2. The Morgan fingerprint density at radius 3 is 2.69 bits per heavy atom. The maximum absolute atomic E-state index is 11.7. The molecule has 0 spiro atoms. The largest absolute Gasteiger partial charge is 0.470 e. The van der Waals surface area contributed by atoms with Crippen LogP contribution in [0.5, 0.6) is 5.75 Å². The number of aryl methyl sites for hydroxylation is 1.